The first-order valence-electron chi connectivity index (χ1n) is 6.46. The molecule has 1 heterocycles. The monoisotopic (exact) mass is 293 g/mol. The Morgan fingerprint density at radius 2 is 1.86 bits per heavy atom. The number of aromatic hydroxyl groups is 1. The highest BCUT2D eigenvalue weighted by Gasteiger charge is 2.12. The van der Waals surface area contributed by atoms with Crippen LogP contribution in [0, 0.1) is 0 Å². The van der Waals surface area contributed by atoms with Crippen LogP contribution in [0.3, 0.4) is 0 Å². The van der Waals surface area contributed by atoms with E-state index in [4.69, 9.17) is 5.11 Å². The van der Waals surface area contributed by atoms with Crippen molar-refractivity contribution < 1.29 is 15.0 Å². The number of hydrogen-bond acceptors (Lipinski definition) is 5. The quantitative estimate of drug-likeness (QED) is 0.724. The number of aliphatic imine (C=N–C) groups is 1. The zero-order valence-electron chi connectivity index (χ0n) is 11.3. The van der Waals surface area contributed by atoms with Crippen molar-refractivity contribution in [1.82, 2.24) is 9.97 Å². The molecule has 2 aromatic carbocycles. The molecule has 0 bridgehead atoms. The predicted molar refractivity (Wildman–Crippen MR) is 81.9 cm³/mol. The SMILES string of the molecule is O=C(O)c1nccnc1N=Cc1c(O)ccc2ccccc12. The van der Waals surface area contributed by atoms with Gasteiger partial charge in [-0.25, -0.2) is 19.8 Å². The zero-order chi connectivity index (χ0) is 15.5. The topological polar surface area (TPSA) is 95.7 Å². The first kappa shape index (κ1) is 13.7. The molecule has 22 heavy (non-hydrogen) atoms. The van der Waals surface area contributed by atoms with Gasteiger partial charge in [0.2, 0.25) is 0 Å². The van der Waals surface area contributed by atoms with Gasteiger partial charge in [-0.3, -0.25) is 0 Å². The van der Waals surface area contributed by atoms with Gasteiger partial charge in [0.05, 0.1) is 0 Å². The Balaban J connectivity index is 2.11. The summed E-state index contributed by atoms with van der Waals surface area (Å²) in [5, 5.41) is 20.8. The van der Waals surface area contributed by atoms with Gasteiger partial charge >= 0.3 is 5.97 Å². The van der Waals surface area contributed by atoms with Crippen LogP contribution in [0.4, 0.5) is 5.82 Å². The number of carboxylic acid groups (broad SMARTS) is 1. The van der Waals surface area contributed by atoms with Crippen molar-refractivity contribution in [3.05, 3.63) is 60.0 Å². The van der Waals surface area contributed by atoms with Gasteiger partial charge in [-0.2, -0.15) is 0 Å². The van der Waals surface area contributed by atoms with Gasteiger partial charge in [-0.05, 0) is 16.8 Å². The molecule has 0 saturated heterocycles. The number of nitrogens with zero attached hydrogens (tertiary/aromatic N) is 3. The van der Waals surface area contributed by atoms with Crippen LogP contribution in [0.1, 0.15) is 16.1 Å². The van der Waals surface area contributed by atoms with Gasteiger partial charge in [-0.15, -0.1) is 0 Å². The second-order valence-electron chi connectivity index (χ2n) is 4.51. The first-order valence-corrected chi connectivity index (χ1v) is 6.46. The molecule has 3 aromatic rings. The van der Waals surface area contributed by atoms with Crippen molar-refractivity contribution in [2.45, 2.75) is 0 Å². The number of aromatic nitrogens is 2. The third-order valence-corrected chi connectivity index (χ3v) is 3.15. The number of aromatic carboxylic acids is 1. The molecule has 0 fully saturated rings. The van der Waals surface area contributed by atoms with E-state index in [2.05, 4.69) is 15.0 Å². The maximum atomic E-state index is 11.1. The average molecular weight is 293 g/mol. The molecule has 0 unspecified atom stereocenters. The van der Waals surface area contributed by atoms with Gasteiger partial charge in [-0.1, -0.05) is 30.3 Å². The summed E-state index contributed by atoms with van der Waals surface area (Å²) in [5.74, 6) is -1.16. The number of phenolic OH excluding ortho intramolecular Hbond substituents is 1. The van der Waals surface area contributed by atoms with E-state index in [1.165, 1.54) is 18.6 Å². The Hall–Kier alpha value is -3.28. The van der Waals surface area contributed by atoms with Crippen molar-refractivity contribution in [3.8, 4) is 5.75 Å². The molecule has 0 saturated carbocycles. The highest BCUT2D eigenvalue weighted by molar-refractivity contribution is 6.03. The van der Waals surface area contributed by atoms with E-state index in [0.717, 1.165) is 10.8 Å². The average Bonchev–Trinajstić information content (AvgIpc) is 2.54. The number of hydrogen-bond donors (Lipinski definition) is 2. The summed E-state index contributed by atoms with van der Waals surface area (Å²) < 4.78 is 0. The Labute approximate surface area is 125 Å². The van der Waals surface area contributed by atoms with Crippen LogP contribution in [0.5, 0.6) is 5.75 Å². The summed E-state index contributed by atoms with van der Waals surface area (Å²) in [6.07, 6.45) is 4.05. The molecule has 0 aliphatic carbocycles. The second kappa shape index (κ2) is 5.61. The van der Waals surface area contributed by atoms with Gasteiger partial charge in [0, 0.05) is 24.2 Å². The lowest BCUT2D eigenvalue weighted by Gasteiger charge is -2.04. The molecule has 0 atom stereocenters. The Morgan fingerprint density at radius 3 is 2.68 bits per heavy atom. The van der Waals surface area contributed by atoms with Crippen molar-refractivity contribution in [2.75, 3.05) is 0 Å². The van der Waals surface area contributed by atoms with Crippen molar-refractivity contribution in [1.29, 1.82) is 0 Å². The molecule has 6 heteroatoms. The van der Waals surface area contributed by atoms with Crippen LogP contribution >= 0.6 is 0 Å². The lowest BCUT2D eigenvalue weighted by molar-refractivity contribution is 0.0691. The number of benzene rings is 2. The summed E-state index contributed by atoms with van der Waals surface area (Å²) in [6.45, 7) is 0. The molecule has 6 nitrogen and oxygen atoms in total. The van der Waals surface area contributed by atoms with Crippen LogP contribution < -0.4 is 0 Å². The maximum Gasteiger partial charge on any atom is 0.358 e. The molecule has 0 aliphatic heterocycles. The number of fused-ring (bicyclic) bond motifs is 1. The molecular formula is C16H11N3O3. The Bertz CT molecular complexity index is 891. The summed E-state index contributed by atoms with van der Waals surface area (Å²) in [7, 11) is 0. The van der Waals surface area contributed by atoms with E-state index in [9.17, 15) is 9.90 Å². The van der Waals surface area contributed by atoms with Crippen LogP contribution in [-0.4, -0.2) is 32.4 Å². The normalized spacial score (nSPS) is 11.1. The minimum absolute atomic E-state index is 0.0117. The zero-order valence-corrected chi connectivity index (χ0v) is 11.3. The summed E-state index contributed by atoms with van der Waals surface area (Å²) >= 11 is 0. The van der Waals surface area contributed by atoms with E-state index >= 15 is 0 Å². The van der Waals surface area contributed by atoms with Gasteiger partial charge in [0.15, 0.2) is 11.5 Å². The van der Waals surface area contributed by atoms with E-state index in [-0.39, 0.29) is 17.3 Å². The number of phenols is 1. The number of carboxylic acids is 1. The van der Waals surface area contributed by atoms with Crippen LogP contribution in [0.2, 0.25) is 0 Å². The number of carbonyl (C=O) groups is 1. The van der Waals surface area contributed by atoms with Crippen molar-refractivity contribution in [3.63, 3.8) is 0 Å². The molecule has 0 amide bonds. The van der Waals surface area contributed by atoms with Crippen molar-refractivity contribution >= 4 is 28.8 Å². The lowest BCUT2D eigenvalue weighted by atomic mass is 10.0. The Morgan fingerprint density at radius 1 is 1.09 bits per heavy atom. The highest BCUT2D eigenvalue weighted by atomic mass is 16.4. The molecular weight excluding hydrogens is 282 g/mol. The largest absolute Gasteiger partial charge is 0.507 e. The summed E-state index contributed by atoms with van der Waals surface area (Å²) in [6, 6.07) is 10.9. The molecule has 0 radical (unpaired) electrons. The molecule has 2 N–H and O–H groups in total. The fourth-order valence-electron chi connectivity index (χ4n) is 2.12. The van der Waals surface area contributed by atoms with Crippen LogP contribution in [0.15, 0.2) is 53.8 Å². The Kier molecular flexibility index (Phi) is 3.49. The van der Waals surface area contributed by atoms with Crippen LogP contribution in [-0.2, 0) is 0 Å². The minimum atomic E-state index is -1.21. The van der Waals surface area contributed by atoms with E-state index < -0.39 is 5.97 Å². The second-order valence-corrected chi connectivity index (χ2v) is 4.51. The minimum Gasteiger partial charge on any atom is -0.507 e. The maximum absolute atomic E-state index is 11.1. The fourth-order valence-corrected chi connectivity index (χ4v) is 2.12. The fraction of sp³-hybridized carbons (Fsp3) is 0. The molecule has 3 rings (SSSR count). The molecule has 108 valence electrons. The molecule has 0 spiro atoms. The standard InChI is InChI=1S/C16H11N3O3/c20-13-6-5-10-3-1-2-4-11(10)12(13)9-19-15-14(16(21)22)17-7-8-18-15/h1-9,20H,(H,21,22). The summed E-state index contributed by atoms with van der Waals surface area (Å²) in [4.78, 5) is 22.8. The van der Waals surface area contributed by atoms with Gasteiger partial charge < -0.3 is 10.2 Å². The molecule has 0 aliphatic rings. The van der Waals surface area contributed by atoms with E-state index in [0.29, 0.717) is 5.56 Å². The number of rotatable bonds is 3. The molecule has 1 aromatic heterocycles. The van der Waals surface area contributed by atoms with Crippen molar-refractivity contribution in [2.24, 2.45) is 4.99 Å². The lowest BCUT2D eigenvalue weighted by Crippen LogP contribution is -2.01. The predicted octanol–water partition coefficient (Wildman–Crippen LogP) is 2.78. The van der Waals surface area contributed by atoms with Crippen LogP contribution in [0.25, 0.3) is 10.8 Å². The van der Waals surface area contributed by atoms with Gasteiger partial charge in [0.1, 0.15) is 5.75 Å². The smallest absolute Gasteiger partial charge is 0.358 e. The van der Waals surface area contributed by atoms with E-state index in [1.54, 1.807) is 12.1 Å². The first-order chi connectivity index (χ1) is 10.7. The summed E-state index contributed by atoms with van der Waals surface area (Å²) in [5.41, 5.74) is 0.263. The third kappa shape index (κ3) is 2.49. The van der Waals surface area contributed by atoms with E-state index in [1.807, 2.05) is 24.3 Å². The third-order valence-electron chi connectivity index (χ3n) is 3.15. The highest BCUT2D eigenvalue weighted by Crippen LogP contribution is 2.26. The van der Waals surface area contributed by atoms with Gasteiger partial charge in [0.25, 0.3) is 0 Å².